The zero-order valence-corrected chi connectivity index (χ0v) is 17.8. The number of methoxy groups -OCH3 is 3. The van der Waals surface area contributed by atoms with E-state index < -0.39 is 6.03 Å². The number of benzene rings is 2. The number of urea groups is 1. The molecule has 0 bridgehead atoms. The minimum Gasteiger partial charge on any atom is -0.493 e. The molecule has 0 spiro atoms. The lowest BCUT2D eigenvalue weighted by atomic mass is 10.2. The quantitative estimate of drug-likeness (QED) is 0.581. The second-order valence-electron chi connectivity index (χ2n) is 5.85. The number of anilines is 1. The van der Waals surface area contributed by atoms with Gasteiger partial charge in [-0.3, -0.25) is 14.8 Å². The number of ether oxygens (including phenoxy) is 3. The zero-order chi connectivity index (χ0) is 21.0. The van der Waals surface area contributed by atoms with Gasteiger partial charge in [0.05, 0.1) is 31.5 Å². The average Bonchev–Trinajstić information content (AvgIpc) is 3.11. The van der Waals surface area contributed by atoms with Crippen LogP contribution in [0.1, 0.15) is 15.9 Å². The minimum atomic E-state index is -0.549. The van der Waals surface area contributed by atoms with Crippen LogP contribution in [-0.2, 0) is 0 Å². The number of thiazole rings is 1. The van der Waals surface area contributed by atoms with Gasteiger partial charge in [0, 0.05) is 17.5 Å². The Hall–Kier alpha value is -2.98. The maximum atomic E-state index is 12.5. The van der Waals surface area contributed by atoms with Crippen LogP contribution in [0.25, 0.3) is 10.2 Å². The SMILES string of the molecule is COc1cc(C(=O)SNC(=O)Nc2nc3ccc(C)cc3s2)cc(OC)c1OC. The van der Waals surface area contributed by atoms with E-state index in [4.69, 9.17) is 14.2 Å². The van der Waals surface area contributed by atoms with Crippen LogP contribution in [-0.4, -0.2) is 37.5 Å². The number of aromatic nitrogens is 1. The summed E-state index contributed by atoms with van der Waals surface area (Å²) in [6, 6.07) is 8.34. The Morgan fingerprint density at radius 1 is 1.03 bits per heavy atom. The summed E-state index contributed by atoms with van der Waals surface area (Å²) < 4.78 is 19.1. The largest absolute Gasteiger partial charge is 0.493 e. The van der Waals surface area contributed by atoms with Gasteiger partial charge in [0.25, 0.3) is 0 Å². The third-order valence-electron chi connectivity index (χ3n) is 3.90. The van der Waals surface area contributed by atoms with E-state index in [0.29, 0.717) is 39.9 Å². The van der Waals surface area contributed by atoms with Crippen LogP contribution in [0.5, 0.6) is 17.2 Å². The molecule has 10 heteroatoms. The number of aryl methyl sites for hydroxylation is 1. The van der Waals surface area contributed by atoms with E-state index in [1.807, 2.05) is 25.1 Å². The van der Waals surface area contributed by atoms with Gasteiger partial charge in [0.15, 0.2) is 16.6 Å². The summed E-state index contributed by atoms with van der Waals surface area (Å²) in [5.74, 6) is 1.09. The Morgan fingerprint density at radius 2 is 1.72 bits per heavy atom. The molecule has 0 fully saturated rings. The van der Waals surface area contributed by atoms with Crippen molar-refractivity contribution in [1.29, 1.82) is 0 Å². The number of rotatable bonds is 5. The summed E-state index contributed by atoms with van der Waals surface area (Å²) in [6.45, 7) is 1.99. The number of nitrogens with zero attached hydrogens (tertiary/aromatic N) is 1. The smallest absolute Gasteiger partial charge is 0.331 e. The first-order chi connectivity index (χ1) is 13.9. The van der Waals surface area contributed by atoms with Crippen LogP contribution in [0.15, 0.2) is 30.3 Å². The number of carbonyl (C=O) groups is 2. The van der Waals surface area contributed by atoms with Gasteiger partial charge in [-0.25, -0.2) is 9.78 Å². The lowest BCUT2D eigenvalue weighted by molar-refractivity contribution is 0.108. The molecule has 152 valence electrons. The van der Waals surface area contributed by atoms with Crippen molar-refractivity contribution < 1.29 is 23.8 Å². The average molecular weight is 434 g/mol. The molecular formula is C19H19N3O5S2. The van der Waals surface area contributed by atoms with Crippen LogP contribution in [0.3, 0.4) is 0 Å². The van der Waals surface area contributed by atoms with Gasteiger partial charge in [-0.05, 0) is 36.8 Å². The van der Waals surface area contributed by atoms with E-state index in [2.05, 4.69) is 15.0 Å². The van der Waals surface area contributed by atoms with Gasteiger partial charge in [0.2, 0.25) is 10.9 Å². The van der Waals surface area contributed by atoms with E-state index in [9.17, 15) is 9.59 Å². The van der Waals surface area contributed by atoms with Gasteiger partial charge < -0.3 is 14.2 Å². The van der Waals surface area contributed by atoms with Crippen LogP contribution in [0, 0.1) is 6.92 Å². The van der Waals surface area contributed by atoms with Crippen LogP contribution < -0.4 is 24.2 Å². The molecule has 0 atom stereocenters. The first-order valence-electron chi connectivity index (χ1n) is 8.40. The standard InChI is InChI=1S/C19H19N3O5S2/c1-10-5-6-12-15(7-10)28-19(20-12)21-18(24)22-29-17(23)11-8-13(25-2)16(27-4)14(9-11)26-3/h5-9H,1-4H3,(H2,20,21,22,24). The minimum absolute atomic E-state index is 0.292. The summed E-state index contributed by atoms with van der Waals surface area (Å²) in [6.07, 6.45) is 0. The molecular weight excluding hydrogens is 414 g/mol. The molecule has 1 aromatic heterocycles. The number of nitrogens with one attached hydrogen (secondary N) is 2. The summed E-state index contributed by atoms with van der Waals surface area (Å²) >= 11 is 2.00. The zero-order valence-electron chi connectivity index (χ0n) is 16.2. The Balaban J connectivity index is 1.65. The molecule has 0 saturated heterocycles. The molecule has 29 heavy (non-hydrogen) atoms. The van der Waals surface area contributed by atoms with Crippen molar-refractivity contribution >= 4 is 49.8 Å². The van der Waals surface area contributed by atoms with E-state index in [-0.39, 0.29) is 5.12 Å². The molecule has 1 heterocycles. The van der Waals surface area contributed by atoms with Gasteiger partial charge >= 0.3 is 6.03 Å². The molecule has 3 rings (SSSR count). The fourth-order valence-electron chi connectivity index (χ4n) is 2.56. The fraction of sp³-hybridized carbons (Fsp3) is 0.211. The van der Waals surface area contributed by atoms with Crippen molar-refractivity contribution in [3.05, 3.63) is 41.5 Å². The highest BCUT2D eigenvalue weighted by Crippen LogP contribution is 2.38. The van der Waals surface area contributed by atoms with Gasteiger partial charge in [-0.2, -0.15) is 0 Å². The van der Waals surface area contributed by atoms with E-state index in [1.54, 1.807) is 0 Å². The Bertz CT molecular complexity index is 1040. The highest BCUT2D eigenvalue weighted by Gasteiger charge is 2.18. The number of amides is 2. The number of hydrogen-bond donors (Lipinski definition) is 2. The molecule has 0 unspecified atom stereocenters. The van der Waals surface area contributed by atoms with Crippen molar-refractivity contribution in [3.8, 4) is 17.2 Å². The highest BCUT2D eigenvalue weighted by atomic mass is 32.2. The lowest BCUT2D eigenvalue weighted by Gasteiger charge is -2.13. The Morgan fingerprint density at radius 3 is 2.34 bits per heavy atom. The van der Waals surface area contributed by atoms with Crippen LogP contribution in [0.2, 0.25) is 0 Å². The number of carbonyl (C=O) groups excluding carboxylic acids is 2. The summed E-state index contributed by atoms with van der Waals surface area (Å²) in [5.41, 5.74) is 2.21. The number of fused-ring (bicyclic) bond motifs is 1. The van der Waals surface area contributed by atoms with Gasteiger partial charge in [-0.1, -0.05) is 17.4 Å². The topological polar surface area (TPSA) is 98.8 Å². The summed E-state index contributed by atoms with van der Waals surface area (Å²) in [4.78, 5) is 29.0. The van der Waals surface area contributed by atoms with E-state index in [1.165, 1.54) is 44.8 Å². The van der Waals surface area contributed by atoms with Crippen LogP contribution in [0.4, 0.5) is 9.93 Å². The molecule has 2 aromatic carbocycles. The van der Waals surface area contributed by atoms with Crippen molar-refractivity contribution in [2.75, 3.05) is 26.6 Å². The summed E-state index contributed by atoms with van der Waals surface area (Å²) in [5, 5.41) is 2.69. The molecule has 0 aliphatic heterocycles. The maximum absolute atomic E-state index is 12.5. The van der Waals surface area contributed by atoms with Crippen molar-refractivity contribution in [3.63, 3.8) is 0 Å². The second-order valence-corrected chi connectivity index (χ2v) is 7.66. The highest BCUT2D eigenvalue weighted by molar-refractivity contribution is 8.12. The molecule has 0 radical (unpaired) electrons. The predicted molar refractivity (Wildman–Crippen MR) is 115 cm³/mol. The molecule has 0 aliphatic carbocycles. The van der Waals surface area contributed by atoms with Crippen LogP contribution >= 0.6 is 23.3 Å². The molecule has 2 N–H and O–H groups in total. The molecule has 2 amide bonds. The Kier molecular flexibility index (Phi) is 6.45. The van der Waals surface area contributed by atoms with Gasteiger partial charge in [-0.15, -0.1) is 0 Å². The Labute approximate surface area is 175 Å². The number of hydrogen-bond acceptors (Lipinski definition) is 8. The third-order valence-corrected chi connectivity index (χ3v) is 5.54. The van der Waals surface area contributed by atoms with E-state index >= 15 is 0 Å². The predicted octanol–water partition coefficient (Wildman–Crippen LogP) is 4.24. The summed E-state index contributed by atoms with van der Waals surface area (Å²) in [7, 11) is 4.40. The molecule has 8 nitrogen and oxygen atoms in total. The van der Waals surface area contributed by atoms with Crippen molar-refractivity contribution in [2.24, 2.45) is 0 Å². The fourth-order valence-corrected chi connectivity index (χ4v) is 3.99. The first kappa shape index (κ1) is 20.7. The second kappa shape index (κ2) is 9.01. The van der Waals surface area contributed by atoms with Crippen molar-refractivity contribution in [1.82, 2.24) is 9.71 Å². The molecule has 0 aliphatic rings. The van der Waals surface area contributed by atoms with Gasteiger partial charge in [0.1, 0.15) is 0 Å². The monoisotopic (exact) mass is 433 g/mol. The lowest BCUT2D eigenvalue weighted by Crippen LogP contribution is -2.24. The normalized spacial score (nSPS) is 10.5. The molecule has 3 aromatic rings. The third kappa shape index (κ3) is 4.72. The first-order valence-corrected chi connectivity index (χ1v) is 10.0. The molecule has 0 saturated carbocycles. The van der Waals surface area contributed by atoms with E-state index in [0.717, 1.165) is 15.8 Å². The van der Waals surface area contributed by atoms with Crippen molar-refractivity contribution in [2.45, 2.75) is 6.92 Å². The maximum Gasteiger partial charge on any atom is 0.331 e.